The van der Waals surface area contributed by atoms with E-state index in [1.54, 1.807) is 4.90 Å². The molecule has 1 saturated carbocycles. The summed E-state index contributed by atoms with van der Waals surface area (Å²) in [6.07, 6.45) is 1.77. The van der Waals surface area contributed by atoms with Gasteiger partial charge in [-0.2, -0.15) is 0 Å². The normalized spacial score (nSPS) is 17.8. The van der Waals surface area contributed by atoms with Crippen LogP contribution in [0.3, 0.4) is 0 Å². The van der Waals surface area contributed by atoms with Crippen LogP contribution in [-0.4, -0.2) is 59.5 Å². The highest BCUT2D eigenvalue weighted by Crippen LogP contribution is 2.52. The van der Waals surface area contributed by atoms with Gasteiger partial charge in [-0.05, 0) is 90.8 Å². The summed E-state index contributed by atoms with van der Waals surface area (Å²) in [6, 6.07) is 34.4. The molecule has 1 fully saturated rings. The van der Waals surface area contributed by atoms with Crippen LogP contribution in [0.2, 0.25) is 0 Å². The second-order valence-corrected chi connectivity index (χ2v) is 13.3. The summed E-state index contributed by atoms with van der Waals surface area (Å²) in [5.41, 5.74) is 1.86. The van der Waals surface area contributed by atoms with E-state index < -0.39 is 23.7 Å². The van der Waals surface area contributed by atoms with Crippen LogP contribution in [0.4, 0.5) is 0 Å². The third kappa shape index (κ3) is 9.79. The van der Waals surface area contributed by atoms with Crippen LogP contribution in [0, 0.1) is 23.7 Å². The molecule has 1 aliphatic carbocycles. The first-order valence-corrected chi connectivity index (χ1v) is 18.2. The maximum Gasteiger partial charge on any atom is 0.305 e. The maximum atomic E-state index is 14.6. The number of rotatable bonds is 18. The lowest BCUT2D eigenvalue weighted by atomic mass is 9.53. The molecule has 0 aromatic heterocycles. The molecule has 0 saturated heterocycles. The topological polar surface area (TPSA) is 106 Å². The van der Waals surface area contributed by atoms with Crippen molar-refractivity contribution in [3.63, 3.8) is 0 Å². The van der Waals surface area contributed by atoms with E-state index in [0.717, 1.165) is 35.5 Å². The van der Waals surface area contributed by atoms with Gasteiger partial charge in [0.25, 0.3) is 0 Å². The zero-order valence-electron chi connectivity index (χ0n) is 30.4. The number of para-hydroxylation sites is 2. The molecule has 274 valence electrons. The van der Waals surface area contributed by atoms with Crippen molar-refractivity contribution >= 4 is 17.8 Å². The van der Waals surface area contributed by atoms with Crippen molar-refractivity contribution in [3.05, 3.63) is 120 Å². The Labute approximate surface area is 307 Å². The zero-order valence-corrected chi connectivity index (χ0v) is 30.4. The van der Waals surface area contributed by atoms with Gasteiger partial charge in [-0.25, -0.2) is 0 Å². The van der Waals surface area contributed by atoms with Crippen LogP contribution in [0.1, 0.15) is 50.7 Å². The fraction of sp³-hybridized carbons (Fsp3) is 0.372. The van der Waals surface area contributed by atoms with E-state index in [1.807, 2.05) is 128 Å². The van der Waals surface area contributed by atoms with Gasteiger partial charge in [-0.1, -0.05) is 74.5 Å². The van der Waals surface area contributed by atoms with E-state index in [-0.39, 0.29) is 30.8 Å². The number of hydrogen-bond donors (Lipinski definition) is 1. The molecule has 4 aromatic carbocycles. The number of amides is 2. The highest BCUT2D eigenvalue weighted by Gasteiger charge is 2.58. The average Bonchev–Trinajstić information content (AvgIpc) is 3.16. The van der Waals surface area contributed by atoms with Crippen molar-refractivity contribution in [3.8, 4) is 23.0 Å². The molecule has 0 unspecified atom stereocenters. The van der Waals surface area contributed by atoms with Crippen molar-refractivity contribution in [2.24, 2.45) is 23.7 Å². The van der Waals surface area contributed by atoms with Crippen LogP contribution in [-0.2, 0) is 32.2 Å². The molecule has 1 aliphatic rings. The van der Waals surface area contributed by atoms with Gasteiger partial charge in [0.15, 0.2) is 0 Å². The number of nitrogens with zero attached hydrogens (tertiary/aromatic N) is 2. The number of benzene rings is 4. The largest absolute Gasteiger partial charge is 0.469 e. The monoisotopic (exact) mass is 706 g/mol. The summed E-state index contributed by atoms with van der Waals surface area (Å²) in [7, 11) is 1.33. The minimum Gasteiger partial charge on any atom is -0.469 e. The minimum absolute atomic E-state index is 0.00347. The molecular weight excluding hydrogens is 656 g/mol. The van der Waals surface area contributed by atoms with E-state index in [0.29, 0.717) is 44.1 Å². The quantitative estimate of drug-likeness (QED) is 0.105. The lowest BCUT2D eigenvalue weighted by Crippen LogP contribution is -2.60. The van der Waals surface area contributed by atoms with Gasteiger partial charge in [0.05, 0.1) is 18.9 Å². The van der Waals surface area contributed by atoms with Crippen molar-refractivity contribution in [1.29, 1.82) is 0 Å². The first-order chi connectivity index (χ1) is 25.3. The van der Waals surface area contributed by atoms with Gasteiger partial charge >= 0.3 is 5.97 Å². The number of ether oxygens (including phenoxy) is 3. The smallest absolute Gasteiger partial charge is 0.305 e. The Balaban J connectivity index is 1.36. The van der Waals surface area contributed by atoms with E-state index in [4.69, 9.17) is 14.2 Å². The molecule has 9 nitrogen and oxygen atoms in total. The molecule has 0 radical (unpaired) electrons. The van der Waals surface area contributed by atoms with Gasteiger partial charge in [0.1, 0.15) is 23.0 Å². The highest BCUT2D eigenvalue weighted by atomic mass is 16.5. The number of methoxy groups -OCH3 is 1. The van der Waals surface area contributed by atoms with Crippen molar-refractivity contribution < 1.29 is 33.7 Å². The summed E-state index contributed by atoms with van der Waals surface area (Å²) in [5, 5.41) is 10.1. The first kappa shape index (κ1) is 38.1. The third-order valence-corrected chi connectivity index (χ3v) is 9.68. The fourth-order valence-corrected chi connectivity index (χ4v) is 7.20. The number of carbonyl (C=O) groups excluding carboxylic acids is 3. The molecule has 0 heterocycles. The summed E-state index contributed by atoms with van der Waals surface area (Å²) in [4.78, 5) is 45.4. The van der Waals surface area contributed by atoms with Gasteiger partial charge in [-0.3, -0.25) is 14.4 Å². The predicted octanol–water partition coefficient (Wildman–Crippen LogP) is 7.87. The van der Waals surface area contributed by atoms with Gasteiger partial charge in [-0.15, -0.1) is 0 Å². The van der Waals surface area contributed by atoms with Crippen LogP contribution in [0.25, 0.3) is 0 Å². The summed E-state index contributed by atoms with van der Waals surface area (Å²) in [6.45, 7) is 5.58. The summed E-state index contributed by atoms with van der Waals surface area (Å²) in [5.74, 6) is -0.0574. The van der Waals surface area contributed by atoms with Crippen LogP contribution < -0.4 is 9.47 Å². The van der Waals surface area contributed by atoms with Crippen LogP contribution >= 0.6 is 0 Å². The van der Waals surface area contributed by atoms with Gasteiger partial charge < -0.3 is 29.1 Å². The summed E-state index contributed by atoms with van der Waals surface area (Å²) < 4.78 is 16.9. The minimum atomic E-state index is -0.726. The van der Waals surface area contributed by atoms with Crippen molar-refractivity contribution in [2.45, 2.75) is 52.6 Å². The fourth-order valence-electron chi connectivity index (χ4n) is 7.20. The van der Waals surface area contributed by atoms with Crippen LogP contribution in [0.5, 0.6) is 23.0 Å². The number of esters is 1. The number of aliphatic hydroxyl groups is 1. The Kier molecular flexibility index (Phi) is 13.8. The zero-order chi connectivity index (χ0) is 36.9. The second kappa shape index (κ2) is 18.9. The maximum absolute atomic E-state index is 14.6. The first-order valence-electron chi connectivity index (χ1n) is 18.2. The number of carbonyl (C=O) groups is 3. The van der Waals surface area contributed by atoms with E-state index in [1.165, 1.54) is 7.11 Å². The molecule has 2 amide bonds. The van der Waals surface area contributed by atoms with Gasteiger partial charge in [0.2, 0.25) is 11.8 Å². The molecule has 52 heavy (non-hydrogen) atoms. The van der Waals surface area contributed by atoms with Crippen molar-refractivity contribution in [2.75, 3.05) is 26.8 Å². The van der Waals surface area contributed by atoms with E-state index >= 15 is 0 Å². The lowest BCUT2D eigenvalue weighted by Gasteiger charge is -2.52. The molecule has 4 atom stereocenters. The third-order valence-electron chi connectivity index (χ3n) is 9.68. The molecule has 0 spiro atoms. The molecule has 0 aliphatic heterocycles. The average molecular weight is 707 g/mol. The predicted molar refractivity (Wildman–Crippen MR) is 200 cm³/mol. The van der Waals surface area contributed by atoms with E-state index in [2.05, 4.69) is 0 Å². The summed E-state index contributed by atoms with van der Waals surface area (Å²) >= 11 is 0. The number of aliphatic hydroxyl groups excluding tert-OH is 1. The Morgan fingerprint density at radius 3 is 1.38 bits per heavy atom. The molecule has 9 heteroatoms. The second-order valence-electron chi connectivity index (χ2n) is 13.3. The molecule has 4 aromatic rings. The van der Waals surface area contributed by atoms with Crippen molar-refractivity contribution in [1.82, 2.24) is 9.80 Å². The molecule has 0 bridgehead atoms. The van der Waals surface area contributed by atoms with Crippen LogP contribution in [0.15, 0.2) is 109 Å². The number of hydrogen-bond acceptors (Lipinski definition) is 7. The molecule has 5 rings (SSSR count). The van der Waals surface area contributed by atoms with E-state index in [9.17, 15) is 19.5 Å². The Morgan fingerprint density at radius 2 is 1.00 bits per heavy atom. The van der Waals surface area contributed by atoms with Gasteiger partial charge in [0, 0.05) is 39.2 Å². The molecule has 1 N–H and O–H groups in total. The molecular formula is C43H50N2O7. The highest BCUT2D eigenvalue weighted by molar-refractivity contribution is 5.91. The standard InChI is InChI=1S/C43H50N2O7/c1-4-25-44(29-31-16-20-35(21-17-31)51-33-12-8-6-9-13-33)42(48)40-37(24-27-46)38(28-39(47)50-3)41(40)43(49)45(26-5-2)30-32-18-22-36(23-19-32)52-34-14-10-7-11-15-34/h6-23,37-38,40-41,46H,4-5,24-30H2,1-3H3/t37-,38-,40-,41-/m1/s1. The Morgan fingerprint density at radius 1 is 0.596 bits per heavy atom. The SMILES string of the molecule is CCCN(Cc1ccc(Oc2ccccc2)cc1)C(=O)[C@@H]1[C@H](CCO)[C@@H](CC(=O)OC)[C@H]1C(=O)N(CCC)Cc1ccc(Oc2ccccc2)cc1. The Hall–Kier alpha value is -5.15. The lowest BCUT2D eigenvalue weighted by molar-refractivity contribution is -0.172. The Bertz CT molecular complexity index is 1710.